The van der Waals surface area contributed by atoms with Gasteiger partial charge in [-0.25, -0.2) is 18.0 Å². The van der Waals surface area contributed by atoms with E-state index >= 15 is 0 Å². The molecule has 23 heavy (non-hydrogen) atoms. The third kappa shape index (κ3) is 2.62. The van der Waals surface area contributed by atoms with Crippen LogP contribution in [0.4, 0.5) is 13.2 Å². The van der Waals surface area contributed by atoms with Crippen molar-refractivity contribution in [2.75, 3.05) is 0 Å². The third-order valence-corrected chi connectivity index (χ3v) is 4.69. The molecule has 2 aromatic rings. The molecule has 1 unspecified atom stereocenters. The number of hydrogen-bond acceptors (Lipinski definition) is 2. The van der Waals surface area contributed by atoms with Gasteiger partial charge in [-0.15, -0.1) is 0 Å². The van der Waals surface area contributed by atoms with Crippen LogP contribution in [0.5, 0.6) is 0 Å². The summed E-state index contributed by atoms with van der Waals surface area (Å²) in [7, 11) is 0. The number of fused-ring (bicyclic) bond motifs is 1. The van der Waals surface area contributed by atoms with Gasteiger partial charge in [0, 0.05) is 24.9 Å². The predicted molar refractivity (Wildman–Crippen MR) is 83.6 cm³/mol. The van der Waals surface area contributed by atoms with Crippen LogP contribution in [-0.4, -0.2) is 15.1 Å². The van der Waals surface area contributed by atoms with Crippen molar-refractivity contribution < 1.29 is 13.2 Å². The van der Waals surface area contributed by atoms with Crippen molar-refractivity contribution in [1.29, 1.82) is 0 Å². The zero-order valence-electron chi connectivity index (χ0n) is 12.4. The van der Waals surface area contributed by atoms with E-state index in [4.69, 9.17) is 0 Å². The molecule has 1 aliphatic rings. The zero-order chi connectivity index (χ0) is 17.1. The fraction of sp³-hybridized carbons (Fsp3) is 0.467. The number of benzene rings is 1. The highest BCUT2D eigenvalue weighted by atomic mass is 79.9. The van der Waals surface area contributed by atoms with Crippen molar-refractivity contribution in [3.63, 3.8) is 0 Å². The highest BCUT2D eigenvalue weighted by Crippen LogP contribution is 2.49. The summed E-state index contributed by atoms with van der Waals surface area (Å²) in [6.45, 7) is 3.09. The Morgan fingerprint density at radius 3 is 2.48 bits per heavy atom. The van der Waals surface area contributed by atoms with E-state index in [2.05, 4.69) is 15.9 Å². The van der Waals surface area contributed by atoms with E-state index in [0.29, 0.717) is 0 Å². The standard InChI is InChI=1S/C15H14BrF3N2O2/c1-7(2)21-12-4-11(17)10(16)3-9(12)13(22)20(14(21)23)6-8-5-15(8,18)19/h3-4,7-8H,5-6H2,1-2H3. The molecule has 8 heteroatoms. The van der Waals surface area contributed by atoms with Crippen molar-refractivity contribution in [1.82, 2.24) is 9.13 Å². The molecule has 1 saturated carbocycles. The molecule has 1 aliphatic carbocycles. The minimum absolute atomic E-state index is 0.0827. The van der Waals surface area contributed by atoms with E-state index < -0.39 is 28.9 Å². The monoisotopic (exact) mass is 390 g/mol. The summed E-state index contributed by atoms with van der Waals surface area (Å²) in [6, 6.07) is 2.04. The molecule has 3 rings (SSSR count). The number of alkyl halides is 2. The SMILES string of the molecule is CC(C)n1c(=O)n(CC2CC2(F)F)c(=O)c2cc(Br)c(F)cc21. The number of halogens is 4. The zero-order valence-corrected chi connectivity index (χ0v) is 14.0. The lowest BCUT2D eigenvalue weighted by molar-refractivity contribution is 0.0945. The molecule has 0 saturated heterocycles. The largest absolute Gasteiger partial charge is 0.331 e. The second kappa shape index (κ2) is 5.22. The van der Waals surface area contributed by atoms with Crippen LogP contribution < -0.4 is 11.2 Å². The van der Waals surface area contributed by atoms with Gasteiger partial charge in [0.15, 0.2) is 0 Å². The average Bonchev–Trinajstić information content (AvgIpc) is 3.04. The van der Waals surface area contributed by atoms with Crippen molar-refractivity contribution in [2.24, 2.45) is 5.92 Å². The summed E-state index contributed by atoms with van der Waals surface area (Å²) >= 11 is 3.01. The van der Waals surface area contributed by atoms with Crippen LogP contribution in [0.2, 0.25) is 0 Å². The number of nitrogens with zero attached hydrogens (tertiary/aromatic N) is 2. The molecule has 1 atom stereocenters. The Labute approximate surface area is 137 Å². The predicted octanol–water partition coefficient (Wildman–Crippen LogP) is 3.30. The molecule has 1 aromatic carbocycles. The van der Waals surface area contributed by atoms with Gasteiger partial charge < -0.3 is 0 Å². The summed E-state index contributed by atoms with van der Waals surface area (Å²) in [5.41, 5.74) is -1.21. The fourth-order valence-corrected chi connectivity index (χ4v) is 3.06. The number of aromatic nitrogens is 2. The van der Waals surface area contributed by atoms with Gasteiger partial charge in [-0.3, -0.25) is 13.9 Å². The molecule has 0 amide bonds. The van der Waals surface area contributed by atoms with E-state index in [1.54, 1.807) is 13.8 Å². The first-order chi connectivity index (χ1) is 10.6. The first-order valence-electron chi connectivity index (χ1n) is 7.15. The van der Waals surface area contributed by atoms with E-state index in [0.717, 1.165) is 10.6 Å². The Morgan fingerprint density at radius 2 is 1.96 bits per heavy atom. The van der Waals surface area contributed by atoms with Gasteiger partial charge in [0.1, 0.15) is 5.82 Å². The van der Waals surface area contributed by atoms with E-state index in [1.807, 2.05) is 0 Å². The van der Waals surface area contributed by atoms with Crippen molar-refractivity contribution in [3.8, 4) is 0 Å². The summed E-state index contributed by atoms with van der Waals surface area (Å²) in [5.74, 6) is -4.43. The van der Waals surface area contributed by atoms with E-state index in [9.17, 15) is 22.8 Å². The minimum atomic E-state index is -2.83. The smallest absolute Gasteiger partial charge is 0.291 e. The van der Waals surface area contributed by atoms with Crippen LogP contribution in [0.25, 0.3) is 10.9 Å². The molecule has 1 aromatic heterocycles. The highest BCUT2D eigenvalue weighted by Gasteiger charge is 2.57. The van der Waals surface area contributed by atoms with Gasteiger partial charge >= 0.3 is 5.69 Å². The fourth-order valence-electron chi connectivity index (χ4n) is 2.72. The molecular formula is C15H14BrF3N2O2. The Morgan fingerprint density at radius 1 is 1.35 bits per heavy atom. The molecule has 0 N–H and O–H groups in total. The molecule has 1 fully saturated rings. The van der Waals surface area contributed by atoms with Gasteiger partial charge in [0.25, 0.3) is 11.5 Å². The van der Waals surface area contributed by atoms with E-state index in [-0.39, 0.29) is 34.4 Å². The van der Waals surface area contributed by atoms with Gasteiger partial charge in [-0.2, -0.15) is 0 Å². The minimum Gasteiger partial charge on any atom is -0.291 e. The Bertz CT molecular complexity index is 918. The quantitative estimate of drug-likeness (QED) is 0.806. The van der Waals surface area contributed by atoms with Crippen LogP contribution in [0.3, 0.4) is 0 Å². The molecule has 124 valence electrons. The molecular weight excluding hydrogens is 377 g/mol. The normalized spacial score (nSPS) is 19.5. The highest BCUT2D eigenvalue weighted by molar-refractivity contribution is 9.10. The second-order valence-corrected chi connectivity index (χ2v) is 6.96. The number of rotatable bonds is 3. The first-order valence-corrected chi connectivity index (χ1v) is 7.94. The molecule has 0 aliphatic heterocycles. The maximum atomic E-state index is 13.8. The maximum Gasteiger partial charge on any atom is 0.331 e. The van der Waals surface area contributed by atoms with Crippen LogP contribution in [0.15, 0.2) is 26.2 Å². The van der Waals surface area contributed by atoms with Crippen LogP contribution in [-0.2, 0) is 6.54 Å². The van der Waals surface area contributed by atoms with Crippen LogP contribution in [0.1, 0.15) is 26.3 Å². The topological polar surface area (TPSA) is 44.0 Å². The lowest BCUT2D eigenvalue weighted by Gasteiger charge is -2.17. The average molecular weight is 391 g/mol. The van der Waals surface area contributed by atoms with Crippen LogP contribution >= 0.6 is 15.9 Å². The second-order valence-electron chi connectivity index (χ2n) is 6.11. The molecule has 0 radical (unpaired) electrons. The van der Waals surface area contributed by atoms with Gasteiger partial charge in [0.2, 0.25) is 0 Å². The van der Waals surface area contributed by atoms with Crippen molar-refractivity contribution >= 4 is 26.8 Å². The first kappa shape index (κ1) is 16.3. The summed E-state index contributed by atoms with van der Waals surface area (Å²) in [6.07, 6.45) is -0.328. The lowest BCUT2D eigenvalue weighted by atomic mass is 10.2. The molecule has 0 spiro atoms. The molecule has 0 bridgehead atoms. The summed E-state index contributed by atoms with van der Waals surface area (Å²) < 4.78 is 42.3. The molecule has 1 heterocycles. The van der Waals surface area contributed by atoms with Gasteiger partial charge in [-0.05, 0) is 41.9 Å². The Kier molecular flexibility index (Phi) is 3.70. The maximum absolute atomic E-state index is 13.8. The van der Waals surface area contributed by atoms with Gasteiger partial charge in [0.05, 0.1) is 15.4 Å². The van der Waals surface area contributed by atoms with Crippen molar-refractivity contribution in [2.45, 2.75) is 38.8 Å². The molecule has 4 nitrogen and oxygen atoms in total. The van der Waals surface area contributed by atoms with Gasteiger partial charge in [-0.1, -0.05) is 0 Å². The Balaban J connectivity index is 2.31. The lowest BCUT2D eigenvalue weighted by Crippen LogP contribution is -2.41. The third-order valence-electron chi connectivity index (χ3n) is 4.09. The van der Waals surface area contributed by atoms with Crippen LogP contribution in [0, 0.1) is 11.7 Å². The number of hydrogen-bond donors (Lipinski definition) is 0. The summed E-state index contributed by atoms with van der Waals surface area (Å²) in [5, 5.41) is 0.121. The van der Waals surface area contributed by atoms with Crippen molar-refractivity contribution in [3.05, 3.63) is 43.3 Å². The van der Waals surface area contributed by atoms with E-state index in [1.165, 1.54) is 10.6 Å². The Hall–Kier alpha value is -1.57. The summed E-state index contributed by atoms with van der Waals surface area (Å²) in [4.78, 5) is 25.1.